The number of amides is 1. The van der Waals surface area contributed by atoms with Gasteiger partial charge in [-0.2, -0.15) is 0 Å². The van der Waals surface area contributed by atoms with Gasteiger partial charge in [-0.05, 0) is 23.3 Å². The molecule has 5 rings (SSSR count). The summed E-state index contributed by atoms with van der Waals surface area (Å²) in [7, 11) is 0. The van der Waals surface area contributed by atoms with Crippen molar-refractivity contribution in [1.29, 1.82) is 0 Å². The molecule has 3 heterocycles. The maximum absolute atomic E-state index is 12.8. The number of carbonyl (C=O) groups excluding carboxylic acids is 1. The van der Waals surface area contributed by atoms with Crippen LogP contribution in [-0.2, 0) is 13.2 Å². The van der Waals surface area contributed by atoms with Crippen molar-refractivity contribution < 1.29 is 23.4 Å². The minimum absolute atomic E-state index is 0.0243. The summed E-state index contributed by atoms with van der Waals surface area (Å²) >= 11 is 0. The van der Waals surface area contributed by atoms with Gasteiger partial charge in [-0.25, -0.2) is 0 Å². The van der Waals surface area contributed by atoms with Gasteiger partial charge < -0.3 is 23.5 Å². The predicted octanol–water partition coefficient (Wildman–Crippen LogP) is 2.91. The van der Waals surface area contributed by atoms with Crippen LogP contribution in [0.3, 0.4) is 0 Å². The Morgan fingerprint density at radius 2 is 1.70 bits per heavy atom. The summed E-state index contributed by atoms with van der Waals surface area (Å²) in [6.07, 6.45) is 1.22. The molecule has 0 radical (unpaired) electrons. The van der Waals surface area contributed by atoms with Gasteiger partial charge in [-0.1, -0.05) is 36.4 Å². The lowest BCUT2D eigenvalue weighted by atomic mass is 10.1. The van der Waals surface area contributed by atoms with Crippen LogP contribution >= 0.6 is 0 Å². The number of piperazine rings is 1. The van der Waals surface area contributed by atoms with Crippen LogP contribution in [0, 0.1) is 0 Å². The molecule has 3 aromatic rings. The molecule has 2 aliphatic heterocycles. The lowest BCUT2D eigenvalue weighted by molar-refractivity contribution is 0.0594. The summed E-state index contributed by atoms with van der Waals surface area (Å²) in [4.78, 5) is 29.2. The van der Waals surface area contributed by atoms with Crippen LogP contribution in [0.2, 0.25) is 0 Å². The highest BCUT2D eigenvalue weighted by Crippen LogP contribution is 2.32. The Hall–Kier alpha value is -3.78. The molecule has 0 saturated carbocycles. The second-order valence-electron chi connectivity index (χ2n) is 8.00. The van der Waals surface area contributed by atoms with Gasteiger partial charge in [0.15, 0.2) is 17.3 Å². The van der Waals surface area contributed by atoms with Crippen LogP contribution in [0.5, 0.6) is 17.2 Å². The van der Waals surface area contributed by atoms with E-state index in [2.05, 4.69) is 4.90 Å². The van der Waals surface area contributed by atoms with Crippen LogP contribution in [0.25, 0.3) is 0 Å². The fourth-order valence-electron chi connectivity index (χ4n) is 3.91. The summed E-state index contributed by atoms with van der Waals surface area (Å²) in [6, 6.07) is 16.7. The molecule has 170 valence electrons. The van der Waals surface area contributed by atoms with Crippen LogP contribution in [0.15, 0.2) is 70.1 Å². The third kappa shape index (κ3) is 4.85. The maximum Gasteiger partial charge on any atom is 0.289 e. The normalized spacial score (nSPS) is 15.5. The average molecular weight is 448 g/mol. The van der Waals surface area contributed by atoms with E-state index in [9.17, 15) is 9.59 Å². The predicted molar refractivity (Wildman–Crippen MR) is 119 cm³/mol. The Morgan fingerprint density at radius 1 is 0.909 bits per heavy atom. The standard InChI is InChI=1S/C25H24N2O6/c28-20-13-23(31-16-24(20)30-15-18-4-2-1-3-5-18)25(29)27-10-8-26(9-11-27)14-19-6-7-21-22(12-19)33-17-32-21/h1-7,12-13,16H,8-11,14-15,17H2. The molecule has 2 aliphatic rings. The summed E-state index contributed by atoms with van der Waals surface area (Å²) in [6.45, 7) is 3.84. The molecule has 2 aromatic carbocycles. The molecule has 8 heteroatoms. The van der Waals surface area contributed by atoms with Crippen molar-refractivity contribution in [1.82, 2.24) is 9.80 Å². The third-order valence-electron chi connectivity index (χ3n) is 5.75. The van der Waals surface area contributed by atoms with E-state index in [0.717, 1.165) is 42.3 Å². The fraction of sp³-hybridized carbons (Fsp3) is 0.280. The molecule has 0 N–H and O–H groups in total. The summed E-state index contributed by atoms with van der Waals surface area (Å²) < 4.78 is 21.8. The summed E-state index contributed by atoms with van der Waals surface area (Å²) in [5.74, 6) is 1.37. The van der Waals surface area contributed by atoms with E-state index in [1.54, 1.807) is 4.90 Å². The largest absolute Gasteiger partial charge is 0.482 e. The lowest BCUT2D eigenvalue weighted by Gasteiger charge is -2.34. The number of carbonyl (C=O) groups is 1. The highest BCUT2D eigenvalue weighted by atomic mass is 16.7. The molecular weight excluding hydrogens is 424 g/mol. The number of hydrogen-bond donors (Lipinski definition) is 0. The van der Waals surface area contributed by atoms with E-state index in [0.29, 0.717) is 13.1 Å². The molecular formula is C25H24N2O6. The first kappa shape index (κ1) is 21.1. The van der Waals surface area contributed by atoms with Gasteiger partial charge in [0.2, 0.25) is 18.0 Å². The monoisotopic (exact) mass is 448 g/mol. The van der Waals surface area contributed by atoms with E-state index in [1.807, 2.05) is 48.5 Å². The van der Waals surface area contributed by atoms with Crippen molar-refractivity contribution in [2.75, 3.05) is 33.0 Å². The Labute approximate surface area is 190 Å². The Morgan fingerprint density at radius 3 is 2.48 bits per heavy atom. The molecule has 0 bridgehead atoms. The van der Waals surface area contributed by atoms with Crippen molar-refractivity contribution in [3.05, 3.63) is 88.0 Å². The van der Waals surface area contributed by atoms with Gasteiger partial charge >= 0.3 is 0 Å². The Bertz CT molecular complexity index is 1190. The number of benzene rings is 2. The lowest BCUT2D eigenvalue weighted by Crippen LogP contribution is -2.48. The van der Waals surface area contributed by atoms with E-state index in [4.69, 9.17) is 18.6 Å². The first-order chi connectivity index (χ1) is 16.2. The van der Waals surface area contributed by atoms with Crippen molar-refractivity contribution >= 4 is 5.91 Å². The van der Waals surface area contributed by atoms with Crippen molar-refractivity contribution in [3.63, 3.8) is 0 Å². The molecule has 1 fully saturated rings. The number of fused-ring (bicyclic) bond motifs is 1. The van der Waals surface area contributed by atoms with Crippen LogP contribution in [-0.4, -0.2) is 48.7 Å². The van der Waals surface area contributed by atoms with Gasteiger partial charge in [0, 0.05) is 38.8 Å². The minimum Gasteiger partial charge on any atom is -0.482 e. The minimum atomic E-state index is -0.373. The van der Waals surface area contributed by atoms with Gasteiger partial charge in [-0.3, -0.25) is 14.5 Å². The zero-order valence-corrected chi connectivity index (χ0v) is 18.1. The van der Waals surface area contributed by atoms with E-state index in [-0.39, 0.29) is 36.2 Å². The topological polar surface area (TPSA) is 81.5 Å². The average Bonchev–Trinajstić information content (AvgIpc) is 3.32. The van der Waals surface area contributed by atoms with Gasteiger partial charge in [0.25, 0.3) is 5.91 Å². The fourth-order valence-corrected chi connectivity index (χ4v) is 3.91. The summed E-state index contributed by atoms with van der Waals surface area (Å²) in [5.41, 5.74) is 1.70. The smallest absolute Gasteiger partial charge is 0.289 e. The van der Waals surface area contributed by atoms with E-state index >= 15 is 0 Å². The van der Waals surface area contributed by atoms with Gasteiger partial charge in [-0.15, -0.1) is 0 Å². The molecule has 0 aliphatic carbocycles. The second kappa shape index (κ2) is 9.38. The van der Waals surface area contributed by atoms with Crippen LogP contribution in [0.4, 0.5) is 0 Å². The molecule has 0 spiro atoms. The van der Waals surface area contributed by atoms with Gasteiger partial charge in [0.05, 0.1) is 0 Å². The molecule has 0 unspecified atom stereocenters. The van der Waals surface area contributed by atoms with Gasteiger partial charge in [0.1, 0.15) is 12.9 Å². The molecule has 33 heavy (non-hydrogen) atoms. The first-order valence-electron chi connectivity index (χ1n) is 10.9. The van der Waals surface area contributed by atoms with Crippen molar-refractivity contribution in [2.24, 2.45) is 0 Å². The molecule has 1 amide bonds. The van der Waals surface area contributed by atoms with Crippen molar-refractivity contribution in [3.8, 4) is 17.2 Å². The highest BCUT2D eigenvalue weighted by Gasteiger charge is 2.25. The second-order valence-corrected chi connectivity index (χ2v) is 8.00. The first-order valence-corrected chi connectivity index (χ1v) is 10.9. The molecule has 1 saturated heterocycles. The van der Waals surface area contributed by atoms with E-state index < -0.39 is 0 Å². The molecule has 8 nitrogen and oxygen atoms in total. The van der Waals surface area contributed by atoms with Crippen LogP contribution in [0.1, 0.15) is 21.7 Å². The van der Waals surface area contributed by atoms with E-state index in [1.165, 1.54) is 12.3 Å². The Balaban J connectivity index is 1.15. The number of ether oxygens (including phenoxy) is 3. The third-order valence-corrected chi connectivity index (χ3v) is 5.75. The van der Waals surface area contributed by atoms with Crippen LogP contribution < -0.4 is 19.6 Å². The zero-order chi connectivity index (χ0) is 22.6. The number of nitrogens with zero attached hydrogens (tertiary/aromatic N) is 2. The number of rotatable bonds is 6. The number of hydrogen-bond acceptors (Lipinski definition) is 7. The Kier molecular flexibility index (Phi) is 5.99. The quantitative estimate of drug-likeness (QED) is 0.574. The van der Waals surface area contributed by atoms with Crippen molar-refractivity contribution in [2.45, 2.75) is 13.2 Å². The maximum atomic E-state index is 12.8. The zero-order valence-electron chi connectivity index (χ0n) is 18.1. The summed E-state index contributed by atoms with van der Waals surface area (Å²) in [5, 5.41) is 0. The molecule has 1 aromatic heterocycles. The highest BCUT2D eigenvalue weighted by molar-refractivity contribution is 5.91. The SMILES string of the molecule is O=C(c1cc(=O)c(OCc2ccccc2)co1)N1CCN(Cc2ccc3c(c2)OCO3)CC1. The molecule has 0 atom stereocenters.